The Labute approximate surface area is 224 Å². The van der Waals surface area contributed by atoms with E-state index in [9.17, 15) is 14.2 Å². The van der Waals surface area contributed by atoms with E-state index in [-0.39, 0.29) is 37.6 Å². The second-order valence-electron chi connectivity index (χ2n) is 8.57. The molecule has 1 atom stereocenters. The Kier molecular flexibility index (Phi) is 14.0. The molecule has 0 saturated heterocycles. The molecule has 208 valence electrons. The first-order valence-electron chi connectivity index (χ1n) is 12.9. The summed E-state index contributed by atoms with van der Waals surface area (Å²) in [4.78, 5) is 29.1. The number of Topliss-reactive ketones (excluding diaryl/α,β-unsaturated/α-hetero) is 1. The fourth-order valence-corrected chi connectivity index (χ4v) is 5.43. The summed E-state index contributed by atoms with van der Waals surface area (Å²) in [5.74, 6) is -0.839. The van der Waals surface area contributed by atoms with Crippen LogP contribution in [-0.4, -0.2) is 43.2 Å². The topological polar surface area (TPSA) is 155 Å². The van der Waals surface area contributed by atoms with Gasteiger partial charge in [-0.3, -0.25) is 14.6 Å². The Balaban J connectivity index is 2.13. The molecule has 2 aromatic carbocycles. The van der Waals surface area contributed by atoms with Gasteiger partial charge in [-0.05, 0) is 56.9 Å². The van der Waals surface area contributed by atoms with Crippen LogP contribution in [-0.2, 0) is 18.9 Å². The predicted octanol–water partition coefficient (Wildman–Crippen LogP) is 4.39. The Morgan fingerprint density at radius 2 is 1.50 bits per heavy atom. The van der Waals surface area contributed by atoms with Gasteiger partial charge >= 0.3 is 7.60 Å². The zero-order valence-electron chi connectivity index (χ0n) is 21.9. The Morgan fingerprint density at radius 3 is 2.05 bits per heavy atom. The first-order chi connectivity index (χ1) is 18.3. The maximum Gasteiger partial charge on any atom is 0.452 e. The Bertz CT molecular complexity index is 1000. The minimum absolute atomic E-state index is 0.00906. The standard InChI is InChI=1S/C27H39N4O6P/c1-2-35-21-10-9-12-22(32)18-19-25(33)31-26(17-11-20-30-27(28)29)38(34,36-23-13-5-3-6-14-23)37-24-15-7-4-8-16-24/h3-8,13-16,26H,2,9-12,17-21H2,1H3,(H,31,33)(H4,28,29,30). The third-order valence-electron chi connectivity index (χ3n) is 5.42. The normalized spacial score (nSPS) is 11.8. The van der Waals surface area contributed by atoms with Crippen molar-refractivity contribution < 1.29 is 27.9 Å². The van der Waals surface area contributed by atoms with Crippen LogP contribution in [0.15, 0.2) is 65.7 Å². The molecular weight excluding hydrogens is 507 g/mol. The highest BCUT2D eigenvalue weighted by atomic mass is 31.2. The molecule has 0 bridgehead atoms. The molecule has 0 aromatic heterocycles. The van der Waals surface area contributed by atoms with Gasteiger partial charge in [0.15, 0.2) is 11.7 Å². The number of benzene rings is 2. The van der Waals surface area contributed by atoms with Crippen molar-refractivity contribution >= 4 is 25.2 Å². The van der Waals surface area contributed by atoms with Crippen molar-refractivity contribution in [3.63, 3.8) is 0 Å². The van der Waals surface area contributed by atoms with Crippen LogP contribution in [0.1, 0.15) is 51.9 Å². The fourth-order valence-electron chi connectivity index (χ4n) is 3.51. The maximum absolute atomic E-state index is 14.3. The van der Waals surface area contributed by atoms with Crippen LogP contribution in [0, 0.1) is 0 Å². The van der Waals surface area contributed by atoms with Crippen LogP contribution in [0.3, 0.4) is 0 Å². The van der Waals surface area contributed by atoms with Gasteiger partial charge in [-0.25, -0.2) is 4.57 Å². The van der Waals surface area contributed by atoms with E-state index in [4.69, 9.17) is 25.3 Å². The van der Waals surface area contributed by atoms with Crippen molar-refractivity contribution in [1.29, 1.82) is 0 Å². The second kappa shape index (κ2) is 17.2. The average Bonchev–Trinajstić information content (AvgIpc) is 2.90. The van der Waals surface area contributed by atoms with Crippen LogP contribution >= 0.6 is 7.60 Å². The van der Waals surface area contributed by atoms with Crippen molar-refractivity contribution in [2.75, 3.05) is 19.8 Å². The van der Waals surface area contributed by atoms with Crippen LogP contribution in [0.5, 0.6) is 11.5 Å². The molecule has 1 amide bonds. The van der Waals surface area contributed by atoms with Crippen molar-refractivity contribution in [3.8, 4) is 11.5 Å². The Morgan fingerprint density at radius 1 is 0.895 bits per heavy atom. The lowest BCUT2D eigenvalue weighted by molar-refractivity contribution is -0.125. The van der Waals surface area contributed by atoms with Gasteiger partial charge in [0.05, 0.1) is 0 Å². The summed E-state index contributed by atoms with van der Waals surface area (Å²) in [6.07, 6.45) is 2.55. The molecule has 0 fully saturated rings. The van der Waals surface area contributed by atoms with E-state index in [2.05, 4.69) is 10.3 Å². The van der Waals surface area contributed by atoms with Gasteiger partial charge < -0.3 is 30.6 Å². The summed E-state index contributed by atoms with van der Waals surface area (Å²) in [7, 11) is -4.01. The molecule has 2 rings (SSSR count). The minimum Gasteiger partial charge on any atom is -0.415 e. The molecule has 0 heterocycles. The molecule has 0 aliphatic heterocycles. The SMILES string of the molecule is CCOCCCCC(=O)CCC(=O)NC(CCCN=C(N)N)P(=O)(Oc1ccccc1)Oc1ccccc1. The fraction of sp³-hybridized carbons (Fsp3) is 0.444. The number of aliphatic imine (C=N–C) groups is 1. The maximum atomic E-state index is 14.3. The summed E-state index contributed by atoms with van der Waals surface area (Å²) in [6, 6.07) is 17.2. The zero-order chi connectivity index (χ0) is 27.6. The summed E-state index contributed by atoms with van der Waals surface area (Å²) in [5, 5.41) is 2.79. The smallest absolute Gasteiger partial charge is 0.415 e. The largest absolute Gasteiger partial charge is 0.452 e. The van der Waals surface area contributed by atoms with E-state index in [1.165, 1.54) is 0 Å². The number of ketones is 1. The van der Waals surface area contributed by atoms with E-state index in [1.54, 1.807) is 60.7 Å². The zero-order valence-corrected chi connectivity index (χ0v) is 22.8. The van der Waals surface area contributed by atoms with Gasteiger partial charge in [-0.2, -0.15) is 0 Å². The monoisotopic (exact) mass is 546 g/mol. The molecule has 11 heteroatoms. The molecule has 2 aromatic rings. The summed E-state index contributed by atoms with van der Waals surface area (Å²) in [6.45, 7) is 3.45. The lowest BCUT2D eigenvalue weighted by Gasteiger charge is -2.28. The second-order valence-corrected chi connectivity index (χ2v) is 10.6. The third-order valence-corrected chi connectivity index (χ3v) is 7.50. The summed E-state index contributed by atoms with van der Waals surface area (Å²) in [5.41, 5.74) is 10.8. The van der Waals surface area contributed by atoms with Gasteiger partial charge in [0.25, 0.3) is 0 Å². The highest BCUT2D eigenvalue weighted by molar-refractivity contribution is 7.55. The number of guanidine groups is 1. The van der Waals surface area contributed by atoms with Gasteiger partial charge in [0.2, 0.25) is 5.91 Å². The number of unbranched alkanes of at least 4 members (excludes halogenated alkanes) is 1. The number of amides is 1. The summed E-state index contributed by atoms with van der Waals surface area (Å²) < 4.78 is 31.4. The first-order valence-corrected chi connectivity index (χ1v) is 14.5. The number of carbonyl (C=O) groups is 2. The van der Waals surface area contributed by atoms with Crippen molar-refractivity contribution in [2.24, 2.45) is 16.5 Å². The van der Waals surface area contributed by atoms with E-state index in [0.29, 0.717) is 44.0 Å². The highest BCUT2D eigenvalue weighted by Gasteiger charge is 2.40. The quantitative estimate of drug-likeness (QED) is 0.101. The average molecular weight is 547 g/mol. The number of nitrogens with one attached hydrogen (secondary N) is 1. The number of para-hydroxylation sites is 2. The van der Waals surface area contributed by atoms with Crippen molar-refractivity contribution in [2.45, 2.75) is 57.7 Å². The Hall–Kier alpha value is -3.36. The van der Waals surface area contributed by atoms with Crippen LogP contribution < -0.4 is 25.8 Å². The molecule has 0 saturated carbocycles. The van der Waals surface area contributed by atoms with Gasteiger partial charge in [0.1, 0.15) is 17.3 Å². The number of hydrogen-bond donors (Lipinski definition) is 3. The number of nitrogens with zero attached hydrogens (tertiary/aromatic N) is 1. The number of hydrogen-bond acceptors (Lipinski definition) is 7. The molecule has 1 unspecified atom stereocenters. The lowest BCUT2D eigenvalue weighted by atomic mass is 10.1. The van der Waals surface area contributed by atoms with Crippen molar-refractivity contribution in [3.05, 3.63) is 60.7 Å². The molecule has 0 aliphatic rings. The van der Waals surface area contributed by atoms with Crippen LogP contribution in [0.4, 0.5) is 0 Å². The molecule has 0 radical (unpaired) electrons. The minimum atomic E-state index is -4.01. The molecule has 0 spiro atoms. The number of ether oxygens (including phenoxy) is 1. The van der Waals surface area contributed by atoms with Gasteiger partial charge in [0, 0.05) is 39.0 Å². The molecule has 10 nitrogen and oxygen atoms in total. The van der Waals surface area contributed by atoms with Gasteiger partial charge in [-0.1, -0.05) is 36.4 Å². The molecule has 5 N–H and O–H groups in total. The molecule has 0 aliphatic carbocycles. The van der Waals surface area contributed by atoms with E-state index < -0.39 is 19.3 Å². The third kappa shape index (κ3) is 12.3. The van der Waals surface area contributed by atoms with E-state index >= 15 is 0 Å². The molecular formula is C27H39N4O6P. The number of nitrogens with two attached hydrogens (primary N) is 2. The lowest BCUT2D eigenvalue weighted by Crippen LogP contribution is -2.37. The number of carbonyl (C=O) groups excluding carboxylic acids is 2. The van der Waals surface area contributed by atoms with Crippen LogP contribution in [0.25, 0.3) is 0 Å². The highest BCUT2D eigenvalue weighted by Crippen LogP contribution is 2.53. The first kappa shape index (κ1) is 30.9. The number of rotatable bonds is 19. The summed E-state index contributed by atoms with van der Waals surface area (Å²) >= 11 is 0. The predicted molar refractivity (Wildman–Crippen MR) is 148 cm³/mol. The van der Waals surface area contributed by atoms with E-state index in [1.807, 2.05) is 6.92 Å². The van der Waals surface area contributed by atoms with Gasteiger partial charge in [-0.15, -0.1) is 0 Å². The van der Waals surface area contributed by atoms with Crippen molar-refractivity contribution in [1.82, 2.24) is 5.32 Å². The van der Waals surface area contributed by atoms with E-state index in [0.717, 1.165) is 6.42 Å². The molecule has 38 heavy (non-hydrogen) atoms. The van der Waals surface area contributed by atoms with Crippen LogP contribution in [0.2, 0.25) is 0 Å².